The Labute approximate surface area is 152 Å². The van der Waals surface area contributed by atoms with Crippen molar-refractivity contribution in [1.29, 1.82) is 5.26 Å². The molecule has 0 saturated carbocycles. The number of fused-ring (bicyclic) bond motifs is 1. The lowest BCUT2D eigenvalue weighted by Crippen LogP contribution is -2.32. The zero-order valence-corrected chi connectivity index (χ0v) is 15.3. The van der Waals surface area contributed by atoms with Crippen molar-refractivity contribution in [1.82, 2.24) is 0 Å². The number of aromatic nitrogens is 1. The fraction of sp³-hybridized carbons (Fsp3) is 0.400. The van der Waals surface area contributed by atoms with Crippen molar-refractivity contribution in [2.24, 2.45) is 11.3 Å². The first-order valence-electron chi connectivity index (χ1n) is 8.73. The lowest BCUT2D eigenvalue weighted by atomic mass is 9.70. The zero-order chi connectivity index (χ0) is 19.1. The highest BCUT2D eigenvalue weighted by Gasteiger charge is 2.34. The lowest BCUT2D eigenvalue weighted by molar-refractivity contribution is -0.384. The van der Waals surface area contributed by atoms with Crippen molar-refractivity contribution in [3.05, 3.63) is 51.2 Å². The largest absolute Gasteiger partial charge is 0.289 e. The first-order valence-corrected chi connectivity index (χ1v) is 8.73. The van der Waals surface area contributed by atoms with Gasteiger partial charge in [0.2, 0.25) is 0 Å². The minimum absolute atomic E-state index is 0.0316. The van der Waals surface area contributed by atoms with Gasteiger partial charge in [0.15, 0.2) is 0 Å². The summed E-state index contributed by atoms with van der Waals surface area (Å²) < 4.78 is 0. The molecule has 0 bridgehead atoms. The van der Waals surface area contributed by atoms with Crippen LogP contribution in [0.4, 0.5) is 11.5 Å². The Bertz CT molecular complexity index is 905. The van der Waals surface area contributed by atoms with Crippen LogP contribution in [0.5, 0.6) is 0 Å². The number of nitriles is 1. The summed E-state index contributed by atoms with van der Waals surface area (Å²) >= 11 is 0. The molecule has 1 aliphatic rings. The van der Waals surface area contributed by atoms with Crippen molar-refractivity contribution in [3.8, 4) is 17.2 Å². The number of aromatic amines is 1. The van der Waals surface area contributed by atoms with Crippen LogP contribution >= 0.6 is 0 Å². The van der Waals surface area contributed by atoms with Crippen LogP contribution in [0.25, 0.3) is 11.1 Å². The summed E-state index contributed by atoms with van der Waals surface area (Å²) in [4.78, 5) is 13.7. The fourth-order valence-electron chi connectivity index (χ4n) is 3.77. The Morgan fingerprint density at radius 3 is 2.50 bits per heavy atom. The van der Waals surface area contributed by atoms with Crippen LogP contribution < -0.4 is 10.7 Å². The van der Waals surface area contributed by atoms with Crippen LogP contribution in [0, 0.1) is 32.8 Å². The van der Waals surface area contributed by atoms with E-state index in [2.05, 4.69) is 31.8 Å². The number of benzene rings is 1. The van der Waals surface area contributed by atoms with Gasteiger partial charge >= 0.3 is 0 Å². The molecule has 2 aromatic rings. The van der Waals surface area contributed by atoms with Crippen LogP contribution in [0.1, 0.15) is 44.0 Å². The van der Waals surface area contributed by atoms with E-state index in [-0.39, 0.29) is 11.1 Å². The minimum atomic E-state index is -0.423. The third kappa shape index (κ3) is 3.13. The van der Waals surface area contributed by atoms with Crippen LogP contribution in [-0.4, -0.2) is 4.92 Å². The zero-order valence-electron chi connectivity index (χ0n) is 15.3. The molecule has 0 amide bonds. The SMILES string of the molecule is CC(C)(C)[C@@H]1CCc2[nH+]c(N)c(C#N)c(-c3ccc([N+](=O)[O-])cc3)c2C1. The number of pyridine rings is 1. The Kier molecular flexibility index (Phi) is 4.41. The topological polar surface area (TPSA) is 107 Å². The predicted molar refractivity (Wildman–Crippen MR) is 99.2 cm³/mol. The molecular weight excluding hydrogens is 328 g/mol. The summed E-state index contributed by atoms with van der Waals surface area (Å²) in [6.07, 6.45) is 2.81. The molecule has 0 radical (unpaired) electrons. The van der Waals surface area contributed by atoms with Crippen molar-refractivity contribution in [2.75, 3.05) is 5.73 Å². The number of anilines is 1. The maximum absolute atomic E-state index is 10.9. The first-order chi connectivity index (χ1) is 12.2. The molecular formula is C20H23N4O2+. The number of non-ortho nitro benzene ring substituents is 1. The molecule has 6 heteroatoms. The van der Waals surface area contributed by atoms with E-state index in [4.69, 9.17) is 5.73 Å². The summed E-state index contributed by atoms with van der Waals surface area (Å²) in [5.41, 5.74) is 10.5. The number of hydrogen-bond acceptors (Lipinski definition) is 4. The van der Waals surface area contributed by atoms with Gasteiger partial charge in [0.05, 0.1) is 4.92 Å². The Morgan fingerprint density at radius 1 is 1.31 bits per heavy atom. The number of nitro groups is 1. The Morgan fingerprint density at radius 2 is 1.96 bits per heavy atom. The third-order valence-corrected chi connectivity index (χ3v) is 5.37. The Hall–Kier alpha value is -2.94. The second-order valence-electron chi connectivity index (χ2n) is 7.97. The fourth-order valence-corrected chi connectivity index (χ4v) is 3.77. The smallest absolute Gasteiger partial charge is 0.286 e. The number of nitrogens with one attached hydrogen (secondary N) is 1. The monoisotopic (exact) mass is 351 g/mol. The molecule has 1 aliphatic carbocycles. The molecule has 0 unspecified atom stereocenters. The van der Waals surface area contributed by atoms with Crippen molar-refractivity contribution >= 4 is 11.5 Å². The highest BCUT2D eigenvalue weighted by molar-refractivity contribution is 5.78. The highest BCUT2D eigenvalue weighted by Crippen LogP contribution is 2.41. The van der Waals surface area contributed by atoms with Crippen LogP contribution in [0.2, 0.25) is 0 Å². The van der Waals surface area contributed by atoms with E-state index in [0.717, 1.165) is 41.6 Å². The van der Waals surface area contributed by atoms with Gasteiger partial charge in [-0.05, 0) is 41.9 Å². The van der Waals surface area contributed by atoms with E-state index >= 15 is 0 Å². The number of rotatable bonds is 2. The molecule has 0 spiro atoms. The summed E-state index contributed by atoms with van der Waals surface area (Å²) in [6.45, 7) is 6.71. The molecule has 26 heavy (non-hydrogen) atoms. The third-order valence-electron chi connectivity index (χ3n) is 5.37. The van der Waals surface area contributed by atoms with E-state index in [1.54, 1.807) is 12.1 Å². The van der Waals surface area contributed by atoms with Gasteiger partial charge in [0.25, 0.3) is 11.5 Å². The van der Waals surface area contributed by atoms with Gasteiger partial charge in [-0.25, -0.2) is 4.98 Å². The summed E-state index contributed by atoms with van der Waals surface area (Å²) in [6, 6.07) is 8.56. The standard InChI is InChI=1S/C20H22N4O2/c1-20(2,3)13-6-9-17-15(10-13)18(16(11-21)19(22)23-17)12-4-7-14(8-5-12)24(25)26/h4-5,7-8,13H,6,9-10H2,1-3H3,(H2,22,23)/p+1/t13-/m1/s1. The van der Waals surface area contributed by atoms with E-state index in [1.807, 2.05) is 0 Å². The normalized spacial score (nSPS) is 16.6. The number of H-pyrrole nitrogens is 1. The summed E-state index contributed by atoms with van der Waals surface area (Å²) in [5.74, 6) is 0.851. The van der Waals surface area contributed by atoms with Crippen LogP contribution in [-0.2, 0) is 12.8 Å². The molecule has 6 nitrogen and oxygen atoms in total. The minimum Gasteiger partial charge on any atom is -0.286 e. The molecule has 0 fully saturated rings. The lowest BCUT2D eigenvalue weighted by Gasteiger charge is -2.35. The average Bonchev–Trinajstić information content (AvgIpc) is 2.59. The number of aryl methyl sites for hydroxylation is 1. The molecule has 1 aromatic heterocycles. The summed E-state index contributed by atoms with van der Waals surface area (Å²) in [7, 11) is 0. The van der Waals surface area contributed by atoms with E-state index < -0.39 is 4.92 Å². The number of nitrogens with two attached hydrogens (primary N) is 1. The quantitative estimate of drug-likeness (QED) is 0.657. The van der Waals surface area contributed by atoms with Crippen LogP contribution in [0.15, 0.2) is 24.3 Å². The maximum Gasteiger partial charge on any atom is 0.289 e. The maximum atomic E-state index is 10.9. The van der Waals surface area contributed by atoms with E-state index in [0.29, 0.717) is 17.3 Å². The van der Waals surface area contributed by atoms with Gasteiger partial charge in [0, 0.05) is 29.7 Å². The number of nitrogens with zero attached hydrogens (tertiary/aromatic N) is 2. The molecule has 3 rings (SSSR count). The van der Waals surface area contributed by atoms with Gasteiger partial charge in [-0.3, -0.25) is 15.8 Å². The first kappa shape index (κ1) is 17.9. The predicted octanol–water partition coefficient (Wildman–Crippen LogP) is 3.68. The second-order valence-corrected chi connectivity index (χ2v) is 7.97. The molecule has 3 N–H and O–H groups in total. The van der Waals surface area contributed by atoms with Gasteiger partial charge in [-0.15, -0.1) is 0 Å². The second kappa shape index (κ2) is 6.41. The summed E-state index contributed by atoms with van der Waals surface area (Å²) in [5, 5.41) is 20.6. The van der Waals surface area contributed by atoms with Crippen LogP contribution in [0.3, 0.4) is 0 Å². The average molecular weight is 351 g/mol. The van der Waals surface area contributed by atoms with Gasteiger partial charge in [-0.1, -0.05) is 20.8 Å². The van der Waals surface area contributed by atoms with Crippen molar-refractivity contribution < 1.29 is 9.91 Å². The number of nitrogen functional groups attached to an aromatic ring is 1. The molecule has 0 aliphatic heterocycles. The molecule has 1 atom stereocenters. The van der Waals surface area contributed by atoms with E-state index in [9.17, 15) is 15.4 Å². The van der Waals surface area contributed by atoms with E-state index in [1.165, 1.54) is 12.1 Å². The molecule has 0 saturated heterocycles. The highest BCUT2D eigenvalue weighted by atomic mass is 16.6. The van der Waals surface area contributed by atoms with Gasteiger partial charge < -0.3 is 0 Å². The molecule has 1 aromatic carbocycles. The molecule has 1 heterocycles. The van der Waals surface area contributed by atoms with Gasteiger partial charge in [-0.2, -0.15) is 5.26 Å². The number of nitro benzene ring substituents is 1. The van der Waals surface area contributed by atoms with Crippen molar-refractivity contribution in [2.45, 2.75) is 40.0 Å². The van der Waals surface area contributed by atoms with Gasteiger partial charge in [0.1, 0.15) is 17.3 Å². The number of hydrogen-bond donors (Lipinski definition) is 1. The Balaban J connectivity index is 2.19. The molecule has 134 valence electrons. The van der Waals surface area contributed by atoms with Crippen molar-refractivity contribution in [3.63, 3.8) is 0 Å².